The Morgan fingerprint density at radius 2 is 2.18 bits per heavy atom. The van der Waals surface area contributed by atoms with E-state index in [0.29, 0.717) is 5.92 Å². The number of aromatic nitrogens is 1. The monoisotopic (exact) mass is 263 g/mol. The van der Waals surface area contributed by atoms with Gasteiger partial charge < -0.3 is 4.42 Å². The SMILES string of the molecule is Ic1nc(C2CCCC2)co1. The molecule has 1 aromatic heterocycles. The topological polar surface area (TPSA) is 26.0 Å². The van der Waals surface area contributed by atoms with Gasteiger partial charge in [0.15, 0.2) is 0 Å². The Morgan fingerprint density at radius 1 is 1.45 bits per heavy atom. The standard InChI is InChI=1S/C8H10INO/c9-8-10-7(5-11-8)6-3-1-2-4-6/h5-6H,1-4H2. The number of oxazole rings is 1. The maximum atomic E-state index is 5.15. The smallest absolute Gasteiger partial charge is 0.257 e. The second-order valence-corrected chi connectivity index (χ2v) is 3.93. The van der Waals surface area contributed by atoms with E-state index >= 15 is 0 Å². The first kappa shape index (κ1) is 7.58. The molecule has 0 N–H and O–H groups in total. The molecule has 0 radical (unpaired) electrons. The van der Waals surface area contributed by atoms with Crippen molar-refractivity contribution < 1.29 is 4.42 Å². The van der Waals surface area contributed by atoms with E-state index in [1.54, 1.807) is 6.26 Å². The highest BCUT2D eigenvalue weighted by molar-refractivity contribution is 14.1. The minimum Gasteiger partial charge on any atom is -0.440 e. The van der Waals surface area contributed by atoms with Gasteiger partial charge in [0.05, 0.1) is 5.69 Å². The van der Waals surface area contributed by atoms with Crippen LogP contribution in [0.2, 0.25) is 0 Å². The third-order valence-corrected chi connectivity index (χ3v) is 2.76. The molecule has 0 amide bonds. The van der Waals surface area contributed by atoms with Gasteiger partial charge in [0.1, 0.15) is 6.26 Å². The van der Waals surface area contributed by atoms with E-state index in [0.717, 1.165) is 9.59 Å². The minimum absolute atomic E-state index is 0.683. The molecule has 1 heterocycles. The maximum absolute atomic E-state index is 5.15. The zero-order valence-electron chi connectivity index (χ0n) is 6.22. The summed E-state index contributed by atoms with van der Waals surface area (Å²) in [4.78, 5) is 4.31. The summed E-state index contributed by atoms with van der Waals surface area (Å²) >= 11 is 2.11. The van der Waals surface area contributed by atoms with Crippen molar-refractivity contribution in [2.75, 3.05) is 0 Å². The van der Waals surface area contributed by atoms with Crippen LogP contribution in [0.1, 0.15) is 37.3 Å². The molecule has 0 spiro atoms. The molecule has 1 aliphatic rings. The van der Waals surface area contributed by atoms with Crippen molar-refractivity contribution in [3.05, 3.63) is 15.9 Å². The van der Waals surface area contributed by atoms with Crippen molar-refractivity contribution in [3.63, 3.8) is 0 Å². The van der Waals surface area contributed by atoms with Crippen molar-refractivity contribution in [1.82, 2.24) is 4.98 Å². The average Bonchev–Trinajstić information content (AvgIpc) is 2.55. The normalized spacial score (nSPS) is 19.4. The molecule has 0 aliphatic heterocycles. The molecule has 0 aromatic carbocycles. The lowest BCUT2D eigenvalue weighted by Crippen LogP contribution is -1.91. The molecule has 11 heavy (non-hydrogen) atoms. The molecule has 1 aliphatic carbocycles. The fraction of sp³-hybridized carbons (Fsp3) is 0.625. The van der Waals surface area contributed by atoms with Crippen LogP contribution < -0.4 is 0 Å². The average molecular weight is 263 g/mol. The van der Waals surface area contributed by atoms with Gasteiger partial charge in [-0.1, -0.05) is 12.8 Å². The van der Waals surface area contributed by atoms with Gasteiger partial charge >= 0.3 is 0 Å². The largest absolute Gasteiger partial charge is 0.440 e. The molecule has 1 aromatic rings. The molecule has 3 heteroatoms. The molecule has 0 bridgehead atoms. The Labute approximate surface area is 79.5 Å². The van der Waals surface area contributed by atoms with E-state index in [2.05, 4.69) is 27.6 Å². The Balaban J connectivity index is 2.15. The second-order valence-electron chi connectivity index (χ2n) is 3.01. The molecular formula is C8H10INO. The first-order valence-electron chi connectivity index (χ1n) is 3.97. The van der Waals surface area contributed by atoms with Gasteiger partial charge in [-0.3, -0.25) is 0 Å². The third-order valence-electron chi connectivity index (χ3n) is 2.27. The van der Waals surface area contributed by atoms with Gasteiger partial charge in [-0.05, 0) is 12.8 Å². The summed E-state index contributed by atoms with van der Waals surface area (Å²) < 4.78 is 5.92. The molecule has 0 atom stereocenters. The van der Waals surface area contributed by atoms with Gasteiger partial charge in [-0.25, -0.2) is 4.98 Å². The Kier molecular flexibility index (Phi) is 2.16. The molecule has 60 valence electrons. The molecule has 0 saturated heterocycles. The highest BCUT2D eigenvalue weighted by atomic mass is 127. The van der Waals surface area contributed by atoms with Crippen molar-refractivity contribution in [2.45, 2.75) is 31.6 Å². The van der Waals surface area contributed by atoms with E-state index in [1.165, 1.54) is 25.7 Å². The van der Waals surface area contributed by atoms with Crippen molar-refractivity contribution in [3.8, 4) is 0 Å². The number of hydrogen-bond donors (Lipinski definition) is 0. The van der Waals surface area contributed by atoms with E-state index in [4.69, 9.17) is 4.42 Å². The molecule has 2 rings (SSSR count). The van der Waals surface area contributed by atoms with Crippen LogP contribution in [0.15, 0.2) is 10.7 Å². The highest BCUT2D eigenvalue weighted by Gasteiger charge is 2.19. The molecule has 0 unspecified atom stereocenters. The van der Waals surface area contributed by atoms with E-state index < -0.39 is 0 Å². The Hall–Kier alpha value is -0.0600. The summed E-state index contributed by atoms with van der Waals surface area (Å²) in [5, 5.41) is 0. The van der Waals surface area contributed by atoms with Gasteiger partial charge in [0.25, 0.3) is 3.90 Å². The number of hydrogen-bond acceptors (Lipinski definition) is 2. The van der Waals surface area contributed by atoms with Crippen LogP contribution in [0.3, 0.4) is 0 Å². The second kappa shape index (κ2) is 3.13. The minimum atomic E-state index is 0.683. The van der Waals surface area contributed by atoms with Crippen LogP contribution in [0.5, 0.6) is 0 Å². The first-order chi connectivity index (χ1) is 5.36. The molecule has 1 fully saturated rings. The van der Waals surface area contributed by atoms with Gasteiger partial charge in [0, 0.05) is 28.5 Å². The Bertz CT molecular complexity index is 240. The predicted octanol–water partition coefficient (Wildman–Crippen LogP) is 2.94. The molecular weight excluding hydrogens is 253 g/mol. The third kappa shape index (κ3) is 1.58. The summed E-state index contributed by atoms with van der Waals surface area (Å²) in [6, 6.07) is 0. The zero-order valence-corrected chi connectivity index (χ0v) is 8.37. The van der Waals surface area contributed by atoms with Crippen LogP contribution in [-0.2, 0) is 0 Å². The number of nitrogens with zero attached hydrogens (tertiary/aromatic N) is 1. The van der Waals surface area contributed by atoms with Crippen molar-refractivity contribution in [2.24, 2.45) is 0 Å². The summed E-state index contributed by atoms with van der Waals surface area (Å²) in [6.07, 6.45) is 7.10. The van der Waals surface area contributed by atoms with E-state index in [-0.39, 0.29) is 0 Å². The van der Waals surface area contributed by atoms with Crippen LogP contribution >= 0.6 is 22.6 Å². The van der Waals surface area contributed by atoms with Crippen molar-refractivity contribution >= 4 is 22.6 Å². The molecule has 2 nitrogen and oxygen atoms in total. The number of rotatable bonds is 1. The quantitative estimate of drug-likeness (QED) is 0.728. The lowest BCUT2D eigenvalue weighted by atomic mass is 10.1. The molecule has 1 saturated carbocycles. The lowest BCUT2D eigenvalue weighted by molar-refractivity contribution is 0.523. The Morgan fingerprint density at radius 3 is 2.73 bits per heavy atom. The highest BCUT2D eigenvalue weighted by Crippen LogP contribution is 2.33. The summed E-state index contributed by atoms with van der Waals surface area (Å²) in [5.74, 6) is 0.683. The maximum Gasteiger partial charge on any atom is 0.257 e. The van der Waals surface area contributed by atoms with Gasteiger partial charge in [-0.15, -0.1) is 0 Å². The van der Waals surface area contributed by atoms with Gasteiger partial charge in [-0.2, -0.15) is 0 Å². The van der Waals surface area contributed by atoms with E-state index in [9.17, 15) is 0 Å². The lowest BCUT2D eigenvalue weighted by Gasteiger charge is -2.00. The van der Waals surface area contributed by atoms with Crippen LogP contribution in [0, 0.1) is 3.90 Å². The predicted molar refractivity (Wildman–Crippen MR) is 50.4 cm³/mol. The van der Waals surface area contributed by atoms with Crippen LogP contribution in [-0.4, -0.2) is 4.98 Å². The van der Waals surface area contributed by atoms with Crippen LogP contribution in [0.25, 0.3) is 0 Å². The van der Waals surface area contributed by atoms with Gasteiger partial charge in [0.2, 0.25) is 0 Å². The fourth-order valence-corrected chi connectivity index (χ4v) is 2.08. The van der Waals surface area contributed by atoms with E-state index in [1.807, 2.05) is 0 Å². The summed E-state index contributed by atoms with van der Waals surface area (Å²) in [6.45, 7) is 0. The number of halogens is 1. The fourth-order valence-electron chi connectivity index (χ4n) is 1.67. The van der Waals surface area contributed by atoms with Crippen molar-refractivity contribution in [1.29, 1.82) is 0 Å². The summed E-state index contributed by atoms with van der Waals surface area (Å²) in [7, 11) is 0. The zero-order chi connectivity index (χ0) is 7.68. The summed E-state index contributed by atoms with van der Waals surface area (Å²) in [5.41, 5.74) is 1.16. The van der Waals surface area contributed by atoms with Crippen LogP contribution in [0.4, 0.5) is 0 Å². The first-order valence-corrected chi connectivity index (χ1v) is 5.05.